The largest absolute Gasteiger partial charge is 0.275 e. The molecule has 4 nitrogen and oxygen atoms in total. The summed E-state index contributed by atoms with van der Waals surface area (Å²) in [5.41, 5.74) is 8.44. The van der Waals surface area contributed by atoms with Crippen LogP contribution in [-0.2, 0) is 14.1 Å². The number of nitrogens with zero attached hydrogens (tertiary/aromatic N) is 4. The lowest BCUT2D eigenvalue weighted by molar-refractivity contribution is -0.734. The van der Waals surface area contributed by atoms with Gasteiger partial charge in [-0.1, -0.05) is 23.8 Å². The predicted molar refractivity (Wildman–Crippen MR) is 104 cm³/mol. The summed E-state index contributed by atoms with van der Waals surface area (Å²) in [4.78, 5) is 0. The summed E-state index contributed by atoms with van der Waals surface area (Å²) in [5, 5.41) is 4.27. The van der Waals surface area contributed by atoms with Crippen molar-refractivity contribution in [3.63, 3.8) is 0 Å². The highest BCUT2D eigenvalue weighted by Crippen LogP contribution is 2.24. The standard InChI is InChI=1S/C22H23N4/c1-16-6-5-7-19(12-16)22-10-11-26(25(22)4)21-9-8-18(13-17(21)2)20-14-23-24(3)15-20/h5-15H,1-4H3/q+1. The van der Waals surface area contributed by atoms with Gasteiger partial charge in [-0.15, -0.1) is 9.36 Å². The Morgan fingerprint density at radius 2 is 1.77 bits per heavy atom. The summed E-state index contributed by atoms with van der Waals surface area (Å²) >= 11 is 0. The maximum atomic E-state index is 4.27. The summed E-state index contributed by atoms with van der Waals surface area (Å²) in [6.07, 6.45) is 6.07. The lowest BCUT2D eigenvalue weighted by Gasteiger charge is -2.07. The van der Waals surface area contributed by atoms with Crippen LogP contribution < -0.4 is 4.68 Å². The van der Waals surface area contributed by atoms with E-state index in [1.807, 2.05) is 24.1 Å². The number of rotatable bonds is 3. The Bertz CT molecular complexity index is 1090. The maximum Gasteiger partial charge on any atom is 0.238 e. The second kappa shape index (κ2) is 6.30. The second-order valence-corrected chi connectivity index (χ2v) is 6.84. The highest BCUT2D eigenvalue weighted by Gasteiger charge is 2.18. The van der Waals surface area contributed by atoms with Crippen molar-refractivity contribution in [2.45, 2.75) is 13.8 Å². The second-order valence-electron chi connectivity index (χ2n) is 6.84. The van der Waals surface area contributed by atoms with Gasteiger partial charge < -0.3 is 0 Å². The van der Waals surface area contributed by atoms with Crippen molar-refractivity contribution in [3.05, 3.63) is 78.2 Å². The molecule has 0 N–H and O–H groups in total. The highest BCUT2D eigenvalue weighted by atomic mass is 15.4. The third-order valence-electron chi connectivity index (χ3n) is 4.84. The van der Waals surface area contributed by atoms with Gasteiger partial charge in [0.05, 0.1) is 12.4 Å². The Kier molecular flexibility index (Phi) is 3.96. The van der Waals surface area contributed by atoms with Crippen LogP contribution >= 0.6 is 0 Å². The summed E-state index contributed by atoms with van der Waals surface area (Å²) in [5.74, 6) is 0. The van der Waals surface area contributed by atoms with Gasteiger partial charge in [0.25, 0.3) is 0 Å². The van der Waals surface area contributed by atoms with E-state index in [1.165, 1.54) is 33.6 Å². The topological polar surface area (TPSA) is 26.6 Å². The highest BCUT2D eigenvalue weighted by molar-refractivity contribution is 5.65. The van der Waals surface area contributed by atoms with Crippen LogP contribution in [0.2, 0.25) is 0 Å². The van der Waals surface area contributed by atoms with Gasteiger partial charge in [-0.3, -0.25) is 4.68 Å². The van der Waals surface area contributed by atoms with Crippen molar-refractivity contribution in [1.29, 1.82) is 0 Å². The van der Waals surface area contributed by atoms with E-state index in [9.17, 15) is 0 Å². The van der Waals surface area contributed by atoms with Crippen LogP contribution in [0.15, 0.2) is 67.1 Å². The zero-order valence-electron chi connectivity index (χ0n) is 15.6. The van der Waals surface area contributed by atoms with Gasteiger partial charge in [-0.25, -0.2) is 0 Å². The number of hydrogen-bond donors (Lipinski definition) is 0. The zero-order valence-corrected chi connectivity index (χ0v) is 15.6. The van der Waals surface area contributed by atoms with Gasteiger partial charge >= 0.3 is 0 Å². The van der Waals surface area contributed by atoms with Crippen molar-refractivity contribution in [2.75, 3.05) is 0 Å². The first kappa shape index (κ1) is 16.3. The first-order chi connectivity index (χ1) is 12.5. The predicted octanol–water partition coefficient (Wildman–Crippen LogP) is 3.99. The van der Waals surface area contributed by atoms with E-state index < -0.39 is 0 Å². The Labute approximate surface area is 153 Å². The molecule has 0 saturated heterocycles. The van der Waals surface area contributed by atoms with E-state index in [4.69, 9.17) is 0 Å². The van der Waals surface area contributed by atoms with Crippen LogP contribution in [-0.4, -0.2) is 14.5 Å². The molecule has 0 aliphatic rings. The van der Waals surface area contributed by atoms with Crippen LogP contribution in [0.3, 0.4) is 0 Å². The first-order valence-corrected chi connectivity index (χ1v) is 8.77. The van der Waals surface area contributed by atoms with E-state index in [-0.39, 0.29) is 0 Å². The molecule has 4 rings (SSSR count). The Hall–Kier alpha value is -3.14. The van der Waals surface area contributed by atoms with Crippen molar-refractivity contribution in [2.24, 2.45) is 14.1 Å². The van der Waals surface area contributed by atoms with Crippen molar-refractivity contribution in [3.8, 4) is 28.1 Å². The third kappa shape index (κ3) is 2.84. The quantitative estimate of drug-likeness (QED) is 0.517. The van der Waals surface area contributed by atoms with Crippen molar-refractivity contribution in [1.82, 2.24) is 14.5 Å². The SMILES string of the molecule is Cc1cccc(-c2ccn(-c3ccc(-c4cnn(C)c4)cc3C)[n+]2C)c1. The molecule has 0 saturated carbocycles. The summed E-state index contributed by atoms with van der Waals surface area (Å²) in [7, 11) is 4.05. The van der Waals surface area contributed by atoms with Gasteiger partial charge in [0.15, 0.2) is 7.05 Å². The lowest BCUT2D eigenvalue weighted by Crippen LogP contribution is -2.39. The monoisotopic (exact) mass is 343 g/mol. The molecule has 2 aromatic heterocycles. The first-order valence-electron chi connectivity index (χ1n) is 8.77. The minimum Gasteiger partial charge on any atom is -0.275 e. The van der Waals surface area contributed by atoms with E-state index in [1.54, 1.807) is 0 Å². The van der Waals surface area contributed by atoms with Gasteiger partial charge in [-0.05, 0) is 49.2 Å². The summed E-state index contributed by atoms with van der Waals surface area (Å²) in [6.45, 7) is 4.28. The van der Waals surface area contributed by atoms with Crippen LogP contribution in [0.5, 0.6) is 0 Å². The fraction of sp³-hybridized carbons (Fsp3) is 0.182. The fourth-order valence-corrected chi connectivity index (χ4v) is 3.46. The van der Waals surface area contributed by atoms with E-state index in [0.717, 1.165) is 5.56 Å². The number of hydrogen-bond acceptors (Lipinski definition) is 1. The lowest BCUT2D eigenvalue weighted by atomic mass is 10.1. The molecule has 4 heteroatoms. The molecule has 2 heterocycles. The summed E-state index contributed by atoms with van der Waals surface area (Å²) in [6, 6.07) is 17.3. The van der Waals surface area contributed by atoms with Crippen LogP contribution in [0.25, 0.3) is 28.1 Å². The molecule has 0 bridgehead atoms. The molecule has 0 fully saturated rings. The molecular formula is C22H23N4+. The molecule has 0 amide bonds. The minimum atomic E-state index is 1.14. The molecule has 26 heavy (non-hydrogen) atoms. The minimum absolute atomic E-state index is 1.14. The molecule has 0 aliphatic carbocycles. The molecule has 0 aliphatic heterocycles. The smallest absolute Gasteiger partial charge is 0.238 e. The molecule has 0 spiro atoms. The average Bonchev–Trinajstić information content (AvgIpc) is 3.21. The normalized spacial score (nSPS) is 11.1. The maximum absolute atomic E-state index is 4.27. The molecule has 2 aromatic carbocycles. The van der Waals surface area contributed by atoms with Gasteiger partial charge in [0.1, 0.15) is 5.69 Å². The molecule has 0 radical (unpaired) electrons. The molecule has 0 unspecified atom stereocenters. The Morgan fingerprint density at radius 3 is 2.46 bits per heavy atom. The third-order valence-corrected chi connectivity index (χ3v) is 4.84. The van der Waals surface area contributed by atoms with E-state index in [2.05, 4.69) is 90.1 Å². The van der Waals surface area contributed by atoms with E-state index in [0.29, 0.717) is 0 Å². The number of aromatic nitrogens is 4. The molecule has 130 valence electrons. The van der Waals surface area contributed by atoms with Gasteiger partial charge in [-0.2, -0.15) is 5.10 Å². The Morgan fingerprint density at radius 1 is 0.923 bits per heavy atom. The average molecular weight is 343 g/mol. The Balaban J connectivity index is 1.74. The van der Waals surface area contributed by atoms with Gasteiger partial charge in [0, 0.05) is 30.4 Å². The number of aryl methyl sites for hydroxylation is 3. The number of benzene rings is 2. The molecule has 4 aromatic rings. The van der Waals surface area contributed by atoms with E-state index >= 15 is 0 Å². The zero-order chi connectivity index (χ0) is 18.3. The van der Waals surface area contributed by atoms with Crippen LogP contribution in [0.1, 0.15) is 11.1 Å². The van der Waals surface area contributed by atoms with Crippen molar-refractivity contribution < 1.29 is 4.68 Å². The van der Waals surface area contributed by atoms with Crippen LogP contribution in [0, 0.1) is 13.8 Å². The fourth-order valence-electron chi connectivity index (χ4n) is 3.46. The van der Waals surface area contributed by atoms with Crippen molar-refractivity contribution >= 4 is 0 Å². The van der Waals surface area contributed by atoms with Gasteiger partial charge in [0.2, 0.25) is 5.69 Å². The van der Waals surface area contributed by atoms with Crippen LogP contribution in [0.4, 0.5) is 0 Å². The summed E-state index contributed by atoms with van der Waals surface area (Å²) < 4.78 is 6.22. The molecular weight excluding hydrogens is 320 g/mol. The molecule has 0 atom stereocenters.